The molecule has 0 radical (unpaired) electrons. The van der Waals surface area contributed by atoms with E-state index in [1.165, 1.54) is 11.1 Å². The van der Waals surface area contributed by atoms with Crippen molar-refractivity contribution in [1.29, 1.82) is 0 Å². The summed E-state index contributed by atoms with van der Waals surface area (Å²) in [5.41, 5.74) is 5.31. The molecule has 2 aromatic rings. The number of hydrogen-bond donors (Lipinski definition) is 0. The molecule has 0 aromatic heterocycles. The Hall–Kier alpha value is -2.72. The molecular weight excluding hydrogens is 372 g/mol. The Morgan fingerprint density at radius 3 is 2.47 bits per heavy atom. The van der Waals surface area contributed by atoms with E-state index in [0.717, 1.165) is 49.1 Å². The van der Waals surface area contributed by atoms with Crippen molar-refractivity contribution in [3.63, 3.8) is 0 Å². The van der Waals surface area contributed by atoms with Crippen molar-refractivity contribution in [3.8, 4) is 0 Å². The number of rotatable bonds is 6. The summed E-state index contributed by atoms with van der Waals surface area (Å²) in [5.74, 6) is 0.208. The highest BCUT2D eigenvalue weighted by atomic mass is 16.2. The first kappa shape index (κ1) is 20.5. The van der Waals surface area contributed by atoms with Gasteiger partial charge in [-0.25, -0.2) is 0 Å². The summed E-state index contributed by atoms with van der Waals surface area (Å²) >= 11 is 0. The van der Waals surface area contributed by atoms with E-state index in [4.69, 9.17) is 0 Å². The molecule has 156 valence electrons. The lowest BCUT2D eigenvalue weighted by Gasteiger charge is -2.26. The van der Waals surface area contributed by atoms with Gasteiger partial charge >= 0.3 is 0 Å². The molecule has 1 fully saturated rings. The quantitative estimate of drug-likeness (QED) is 0.708. The topological polar surface area (TPSA) is 40.6 Å². The molecule has 0 N–H and O–H groups in total. The first-order valence-corrected chi connectivity index (χ1v) is 10.9. The second kappa shape index (κ2) is 8.97. The van der Waals surface area contributed by atoms with Crippen LogP contribution >= 0.6 is 0 Å². The molecule has 1 heterocycles. The first-order valence-electron chi connectivity index (χ1n) is 10.9. The molecule has 2 aromatic carbocycles. The smallest absolute Gasteiger partial charge is 0.227 e. The standard InChI is InChI=1S/C26H30N2O2/c1-27(2)18-19-10-12-21(13-11-19)24-9-6-16-28(24)26(30)17-23-22(14-15-25(23)29)20-7-4-3-5-8-20/h3-5,7-8,10-13,24H,6,9,14-18H2,1-2H3. The summed E-state index contributed by atoms with van der Waals surface area (Å²) in [6.07, 6.45) is 3.47. The Bertz CT molecular complexity index is 945. The zero-order valence-electron chi connectivity index (χ0n) is 17.9. The molecule has 1 atom stereocenters. The van der Waals surface area contributed by atoms with Crippen LogP contribution in [0.15, 0.2) is 60.2 Å². The van der Waals surface area contributed by atoms with Gasteiger partial charge in [0.25, 0.3) is 0 Å². The third-order valence-electron chi connectivity index (χ3n) is 6.19. The van der Waals surface area contributed by atoms with Crippen LogP contribution in [0.25, 0.3) is 5.57 Å². The van der Waals surface area contributed by atoms with Gasteiger partial charge < -0.3 is 9.80 Å². The van der Waals surface area contributed by atoms with Crippen LogP contribution in [-0.2, 0) is 16.1 Å². The SMILES string of the molecule is CN(C)Cc1ccc(C2CCCN2C(=O)CC2=C(c3ccccc3)CCC2=O)cc1. The van der Waals surface area contributed by atoms with Crippen molar-refractivity contribution in [2.24, 2.45) is 0 Å². The molecule has 1 amide bonds. The highest BCUT2D eigenvalue weighted by molar-refractivity contribution is 6.10. The van der Waals surface area contributed by atoms with E-state index < -0.39 is 0 Å². The van der Waals surface area contributed by atoms with Crippen LogP contribution in [0, 0.1) is 0 Å². The zero-order chi connectivity index (χ0) is 21.1. The van der Waals surface area contributed by atoms with Crippen molar-refractivity contribution in [3.05, 3.63) is 76.9 Å². The van der Waals surface area contributed by atoms with Crippen LogP contribution in [0.5, 0.6) is 0 Å². The lowest BCUT2D eigenvalue weighted by atomic mass is 9.99. The number of allylic oxidation sites excluding steroid dienone is 1. The number of carbonyl (C=O) groups excluding carboxylic acids is 2. The first-order chi connectivity index (χ1) is 14.5. The molecule has 0 spiro atoms. The minimum atomic E-state index is 0.0774. The number of ketones is 1. The molecule has 4 nitrogen and oxygen atoms in total. The summed E-state index contributed by atoms with van der Waals surface area (Å²) in [6.45, 7) is 1.68. The summed E-state index contributed by atoms with van der Waals surface area (Å²) in [4.78, 5) is 29.9. The van der Waals surface area contributed by atoms with Gasteiger partial charge in [0.05, 0.1) is 12.5 Å². The maximum absolute atomic E-state index is 13.3. The molecule has 30 heavy (non-hydrogen) atoms. The van der Waals surface area contributed by atoms with Gasteiger partial charge in [-0.1, -0.05) is 54.6 Å². The number of hydrogen-bond acceptors (Lipinski definition) is 3. The molecule has 1 aliphatic carbocycles. The molecule has 4 heteroatoms. The van der Waals surface area contributed by atoms with Gasteiger partial charge in [0.1, 0.15) is 0 Å². The lowest BCUT2D eigenvalue weighted by molar-refractivity contribution is -0.132. The van der Waals surface area contributed by atoms with E-state index in [2.05, 4.69) is 43.3 Å². The van der Waals surface area contributed by atoms with E-state index in [0.29, 0.717) is 6.42 Å². The third kappa shape index (κ3) is 4.39. The van der Waals surface area contributed by atoms with Crippen LogP contribution in [0.3, 0.4) is 0 Å². The summed E-state index contributed by atoms with van der Waals surface area (Å²) in [7, 11) is 4.13. The number of amides is 1. The van der Waals surface area contributed by atoms with E-state index in [1.807, 2.05) is 35.2 Å². The van der Waals surface area contributed by atoms with E-state index >= 15 is 0 Å². The molecule has 4 rings (SSSR count). The average molecular weight is 403 g/mol. The molecule has 1 unspecified atom stereocenters. The van der Waals surface area contributed by atoms with Crippen LogP contribution < -0.4 is 0 Å². The average Bonchev–Trinajstić information content (AvgIpc) is 3.36. The number of likely N-dealkylation sites (tertiary alicyclic amines) is 1. The predicted molar refractivity (Wildman–Crippen MR) is 120 cm³/mol. The van der Waals surface area contributed by atoms with Gasteiger partial charge in [-0.15, -0.1) is 0 Å². The van der Waals surface area contributed by atoms with E-state index in [-0.39, 0.29) is 24.2 Å². The Labute approximate surface area is 179 Å². The van der Waals surface area contributed by atoms with Crippen molar-refractivity contribution in [1.82, 2.24) is 9.80 Å². The minimum Gasteiger partial charge on any atom is -0.335 e. The third-order valence-corrected chi connectivity index (χ3v) is 6.19. The van der Waals surface area contributed by atoms with Crippen LogP contribution in [0.4, 0.5) is 0 Å². The number of nitrogens with zero attached hydrogens (tertiary/aromatic N) is 2. The summed E-state index contributed by atoms with van der Waals surface area (Å²) < 4.78 is 0. The maximum Gasteiger partial charge on any atom is 0.227 e. The number of carbonyl (C=O) groups is 2. The Morgan fingerprint density at radius 1 is 1.03 bits per heavy atom. The lowest BCUT2D eigenvalue weighted by Crippen LogP contribution is -2.31. The van der Waals surface area contributed by atoms with Gasteiger partial charge in [-0.2, -0.15) is 0 Å². The Balaban J connectivity index is 1.52. The highest BCUT2D eigenvalue weighted by Crippen LogP contribution is 2.37. The largest absolute Gasteiger partial charge is 0.335 e. The molecule has 0 bridgehead atoms. The van der Waals surface area contributed by atoms with Gasteiger partial charge in [0, 0.05) is 25.1 Å². The monoisotopic (exact) mass is 402 g/mol. The normalized spacial score (nSPS) is 19.2. The van der Waals surface area contributed by atoms with Crippen LogP contribution in [0.2, 0.25) is 0 Å². The number of benzene rings is 2. The van der Waals surface area contributed by atoms with E-state index in [1.54, 1.807) is 0 Å². The fourth-order valence-electron chi connectivity index (χ4n) is 4.75. The fraction of sp³-hybridized carbons (Fsp3) is 0.385. The second-order valence-corrected chi connectivity index (χ2v) is 8.65. The molecular formula is C26H30N2O2. The zero-order valence-corrected chi connectivity index (χ0v) is 17.9. The Kier molecular flexibility index (Phi) is 6.14. The highest BCUT2D eigenvalue weighted by Gasteiger charge is 2.33. The van der Waals surface area contributed by atoms with Crippen LogP contribution in [0.1, 0.15) is 54.8 Å². The van der Waals surface area contributed by atoms with Crippen molar-refractivity contribution in [2.75, 3.05) is 20.6 Å². The molecule has 2 aliphatic rings. The maximum atomic E-state index is 13.3. The van der Waals surface area contributed by atoms with Gasteiger partial charge in [0.15, 0.2) is 5.78 Å². The van der Waals surface area contributed by atoms with Gasteiger partial charge in [0.2, 0.25) is 5.91 Å². The van der Waals surface area contributed by atoms with Crippen molar-refractivity contribution in [2.45, 2.75) is 44.7 Å². The summed E-state index contributed by atoms with van der Waals surface area (Å²) in [5, 5.41) is 0. The minimum absolute atomic E-state index is 0.0774. The number of Topliss-reactive ketones (excluding diaryl/α,β-unsaturated/α-hetero) is 1. The van der Waals surface area contributed by atoms with Crippen LogP contribution in [-0.4, -0.2) is 42.1 Å². The fourth-order valence-corrected chi connectivity index (χ4v) is 4.75. The van der Waals surface area contributed by atoms with Crippen molar-refractivity contribution >= 4 is 17.3 Å². The summed E-state index contributed by atoms with van der Waals surface area (Å²) in [6, 6.07) is 18.8. The Morgan fingerprint density at radius 2 is 1.77 bits per heavy atom. The van der Waals surface area contributed by atoms with Gasteiger partial charge in [-0.3, -0.25) is 9.59 Å². The predicted octanol–water partition coefficient (Wildman–Crippen LogP) is 4.62. The van der Waals surface area contributed by atoms with E-state index in [9.17, 15) is 9.59 Å². The molecule has 0 saturated carbocycles. The molecule has 1 saturated heterocycles. The van der Waals surface area contributed by atoms with Crippen molar-refractivity contribution < 1.29 is 9.59 Å². The van der Waals surface area contributed by atoms with Gasteiger partial charge in [-0.05, 0) is 55.6 Å². The molecule has 1 aliphatic heterocycles. The second-order valence-electron chi connectivity index (χ2n) is 8.65.